The van der Waals surface area contributed by atoms with E-state index in [0.29, 0.717) is 22.2 Å². The van der Waals surface area contributed by atoms with E-state index in [9.17, 15) is 14.4 Å². The number of aromatic nitrogens is 3. The molecule has 9 heteroatoms. The lowest BCUT2D eigenvalue weighted by molar-refractivity contribution is -0.146. The normalized spacial score (nSPS) is 10.5. The number of benzene rings is 1. The molecule has 0 aliphatic heterocycles. The Labute approximate surface area is 152 Å². The summed E-state index contributed by atoms with van der Waals surface area (Å²) in [6.45, 7) is -0.481. The number of hydrogen-bond acceptors (Lipinski definition) is 6. The van der Waals surface area contributed by atoms with Crippen LogP contribution in [0.4, 0.5) is 5.69 Å². The van der Waals surface area contributed by atoms with Gasteiger partial charge in [0.1, 0.15) is 0 Å². The molecule has 2 heterocycles. The molecule has 1 aromatic carbocycles. The van der Waals surface area contributed by atoms with Crippen LogP contribution in [0.5, 0.6) is 0 Å². The van der Waals surface area contributed by atoms with Crippen molar-refractivity contribution in [3.05, 3.63) is 63.8 Å². The number of aromatic amines is 1. The van der Waals surface area contributed by atoms with Gasteiger partial charge in [-0.2, -0.15) is 5.10 Å². The van der Waals surface area contributed by atoms with E-state index in [1.165, 1.54) is 6.20 Å². The van der Waals surface area contributed by atoms with Gasteiger partial charge in [-0.15, -0.1) is 0 Å². The molecule has 0 saturated heterocycles. The highest BCUT2D eigenvalue weighted by atomic mass is 35.5. The van der Waals surface area contributed by atoms with Crippen LogP contribution in [0, 0.1) is 0 Å². The summed E-state index contributed by atoms with van der Waals surface area (Å²) in [7, 11) is 0. The Kier molecular flexibility index (Phi) is 5.23. The average Bonchev–Trinajstić information content (AvgIpc) is 2.64. The molecule has 0 fully saturated rings. The molecule has 26 heavy (non-hydrogen) atoms. The number of hydrogen-bond donors (Lipinski definition) is 2. The van der Waals surface area contributed by atoms with Crippen molar-refractivity contribution in [3.8, 4) is 0 Å². The summed E-state index contributed by atoms with van der Waals surface area (Å²) in [5.74, 6) is -1.20. The van der Waals surface area contributed by atoms with Crippen LogP contribution in [-0.4, -0.2) is 33.7 Å². The SMILES string of the molecule is O=C(COC(=O)Cc1n[nH]c(=O)c2ccccc12)Nc1cccnc1Cl. The number of halogens is 1. The fourth-order valence-corrected chi connectivity index (χ4v) is 2.47. The molecule has 2 aromatic heterocycles. The van der Waals surface area contributed by atoms with Crippen LogP contribution in [-0.2, 0) is 20.7 Å². The zero-order valence-electron chi connectivity index (χ0n) is 13.4. The van der Waals surface area contributed by atoms with Crippen molar-refractivity contribution in [2.24, 2.45) is 0 Å². The molecule has 0 atom stereocenters. The number of esters is 1. The Morgan fingerprint density at radius 1 is 1.15 bits per heavy atom. The lowest BCUT2D eigenvalue weighted by Gasteiger charge is -2.08. The molecule has 1 amide bonds. The summed E-state index contributed by atoms with van der Waals surface area (Å²) in [4.78, 5) is 39.4. The summed E-state index contributed by atoms with van der Waals surface area (Å²) >= 11 is 5.84. The van der Waals surface area contributed by atoms with Gasteiger partial charge in [0, 0.05) is 11.6 Å². The van der Waals surface area contributed by atoms with Crippen molar-refractivity contribution < 1.29 is 14.3 Å². The second-order valence-corrected chi connectivity index (χ2v) is 5.63. The van der Waals surface area contributed by atoms with Crippen molar-refractivity contribution in [3.63, 3.8) is 0 Å². The molecule has 0 saturated carbocycles. The first-order chi connectivity index (χ1) is 12.5. The Morgan fingerprint density at radius 3 is 2.69 bits per heavy atom. The third kappa shape index (κ3) is 4.04. The van der Waals surface area contributed by atoms with E-state index in [0.717, 1.165) is 0 Å². The largest absolute Gasteiger partial charge is 0.455 e. The van der Waals surface area contributed by atoms with Gasteiger partial charge in [0.2, 0.25) is 0 Å². The Balaban J connectivity index is 1.61. The van der Waals surface area contributed by atoms with E-state index in [-0.39, 0.29) is 17.1 Å². The van der Waals surface area contributed by atoms with Crippen LogP contribution in [0.25, 0.3) is 10.8 Å². The predicted molar refractivity (Wildman–Crippen MR) is 94.9 cm³/mol. The minimum absolute atomic E-state index is 0.135. The Hall–Kier alpha value is -3.26. The van der Waals surface area contributed by atoms with Crippen molar-refractivity contribution >= 4 is 39.9 Å². The summed E-state index contributed by atoms with van der Waals surface area (Å²) in [5.41, 5.74) is 0.342. The van der Waals surface area contributed by atoms with Gasteiger partial charge in [-0.25, -0.2) is 10.1 Å². The number of amides is 1. The lowest BCUT2D eigenvalue weighted by Crippen LogP contribution is -2.22. The number of carbonyl (C=O) groups is 2. The van der Waals surface area contributed by atoms with Crippen molar-refractivity contribution in [2.45, 2.75) is 6.42 Å². The number of pyridine rings is 1. The third-order valence-electron chi connectivity index (χ3n) is 3.48. The summed E-state index contributed by atoms with van der Waals surface area (Å²) in [6.07, 6.45) is 1.30. The summed E-state index contributed by atoms with van der Waals surface area (Å²) < 4.78 is 4.95. The fraction of sp³-hybridized carbons (Fsp3) is 0.118. The maximum atomic E-state index is 12.0. The quantitative estimate of drug-likeness (QED) is 0.520. The molecular formula is C17H13ClN4O4. The van der Waals surface area contributed by atoms with Gasteiger partial charge in [-0.3, -0.25) is 14.4 Å². The number of nitrogens with one attached hydrogen (secondary N) is 2. The van der Waals surface area contributed by atoms with Gasteiger partial charge in [-0.05, 0) is 18.2 Å². The van der Waals surface area contributed by atoms with Crippen LogP contribution in [0.1, 0.15) is 5.69 Å². The zero-order valence-corrected chi connectivity index (χ0v) is 14.1. The first-order valence-electron chi connectivity index (χ1n) is 7.57. The number of fused-ring (bicyclic) bond motifs is 1. The summed E-state index contributed by atoms with van der Waals surface area (Å²) in [6, 6.07) is 9.97. The topological polar surface area (TPSA) is 114 Å². The van der Waals surface area contributed by atoms with Crippen molar-refractivity contribution in [2.75, 3.05) is 11.9 Å². The van der Waals surface area contributed by atoms with Gasteiger partial charge in [0.25, 0.3) is 11.5 Å². The standard InChI is InChI=1S/C17H13ClN4O4/c18-16-12(6-3-7-19-16)20-14(23)9-26-15(24)8-13-10-4-1-2-5-11(10)17(25)22-21-13/h1-7H,8-9H2,(H,20,23)(H,22,25). The third-order valence-corrected chi connectivity index (χ3v) is 3.79. The average molecular weight is 373 g/mol. The second kappa shape index (κ2) is 7.75. The molecule has 3 aromatic rings. The van der Waals surface area contributed by atoms with E-state index in [4.69, 9.17) is 16.3 Å². The monoisotopic (exact) mass is 372 g/mol. The van der Waals surface area contributed by atoms with Crippen LogP contribution in [0.3, 0.4) is 0 Å². The molecule has 2 N–H and O–H groups in total. The molecule has 0 aliphatic rings. The number of H-pyrrole nitrogens is 1. The van der Waals surface area contributed by atoms with Gasteiger partial charge < -0.3 is 10.1 Å². The van der Waals surface area contributed by atoms with Crippen LogP contribution in [0.15, 0.2) is 47.4 Å². The van der Waals surface area contributed by atoms with Crippen molar-refractivity contribution in [1.82, 2.24) is 15.2 Å². The number of rotatable bonds is 5. The van der Waals surface area contributed by atoms with Gasteiger partial charge in [0.15, 0.2) is 11.8 Å². The Bertz CT molecular complexity index is 1030. The van der Waals surface area contributed by atoms with Gasteiger partial charge in [0.05, 0.1) is 23.2 Å². The second-order valence-electron chi connectivity index (χ2n) is 5.27. The smallest absolute Gasteiger partial charge is 0.312 e. The number of nitrogens with zero attached hydrogens (tertiary/aromatic N) is 2. The molecule has 3 rings (SSSR count). The van der Waals surface area contributed by atoms with Crippen molar-refractivity contribution in [1.29, 1.82) is 0 Å². The maximum Gasteiger partial charge on any atom is 0.312 e. The van der Waals surface area contributed by atoms with Crippen LogP contribution < -0.4 is 10.9 Å². The molecule has 8 nitrogen and oxygen atoms in total. The molecule has 0 unspecified atom stereocenters. The molecule has 132 valence electrons. The molecular weight excluding hydrogens is 360 g/mol. The first kappa shape index (κ1) is 17.6. The number of ether oxygens (including phenoxy) is 1. The highest BCUT2D eigenvalue weighted by Gasteiger charge is 2.14. The summed E-state index contributed by atoms with van der Waals surface area (Å²) in [5, 5.41) is 9.83. The maximum absolute atomic E-state index is 12.0. The van der Waals surface area contributed by atoms with Gasteiger partial charge >= 0.3 is 5.97 Å². The van der Waals surface area contributed by atoms with E-state index < -0.39 is 18.5 Å². The molecule has 0 radical (unpaired) electrons. The molecule has 0 spiro atoms. The number of anilines is 1. The minimum atomic E-state index is -0.651. The molecule has 0 bridgehead atoms. The van der Waals surface area contributed by atoms with Gasteiger partial charge in [-0.1, -0.05) is 29.8 Å². The highest BCUT2D eigenvalue weighted by molar-refractivity contribution is 6.32. The Morgan fingerprint density at radius 2 is 1.92 bits per heavy atom. The first-order valence-corrected chi connectivity index (χ1v) is 7.94. The van der Waals surface area contributed by atoms with E-state index in [1.54, 1.807) is 36.4 Å². The minimum Gasteiger partial charge on any atom is -0.455 e. The fourth-order valence-electron chi connectivity index (χ4n) is 2.31. The van der Waals surface area contributed by atoms with E-state index in [1.807, 2.05) is 0 Å². The molecule has 0 aliphatic carbocycles. The van der Waals surface area contributed by atoms with E-state index in [2.05, 4.69) is 20.5 Å². The zero-order chi connectivity index (χ0) is 18.5. The lowest BCUT2D eigenvalue weighted by atomic mass is 10.1. The highest BCUT2D eigenvalue weighted by Crippen LogP contribution is 2.17. The van der Waals surface area contributed by atoms with Crippen LogP contribution >= 0.6 is 11.6 Å². The van der Waals surface area contributed by atoms with E-state index >= 15 is 0 Å². The predicted octanol–water partition coefficient (Wildman–Crippen LogP) is 1.70. The van der Waals surface area contributed by atoms with Crippen LogP contribution in [0.2, 0.25) is 5.15 Å². The number of carbonyl (C=O) groups excluding carboxylic acids is 2.